The number of rotatable bonds is 5. The summed E-state index contributed by atoms with van der Waals surface area (Å²) >= 11 is 0. The van der Waals surface area contributed by atoms with Gasteiger partial charge in [0.15, 0.2) is 5.03 Å². The average Bonchev–Trinajstić information content (AvgIpc) is 2.90. The third kappa shape index (κ3) is 3.29. The average molecular weight is 336 g/mol. The van der Waals surface area contributed by atoms with Crippen LogP contribution in [0, 0.1) is 0 Å². The van der Waals surface area contributed by atoms with Crippen molar-refractivity contribution in [2.75, 3.05) is 6.54 Å². The van der Waals surface area contributed by atoms with Crippen LogP contribution in [0.3, 0.4) is 0 Å². The molecule has 23 heavy (non-hydrogen) atoms. The fraction of sp³-hybridized carbons (Fsp3) is 0.467. The van der Waals surface area contributed by atoms with Gasteiger partial charge in [-0.25, -0.2) is 13.1 Å². The first-order valence-corrected chi connectivity index (χ1v) is 9.11. The zero-order chi connectivity index (χ0) is 16.4. The van der Waals surface area contributed by atoms with Crippen LogP contribution in [-0.4, -0.2) is 34.8 Å². The topological polar surface area (TPSA) is 97.1 Å². The molecule has 2 heterocycles. The van der Waals surface area contributed by atoms with E-state index in [4.69, 9.17) is 0 Å². The summed E-state index contributed by atoms with van der Waals surface area (Å²) in [5.41, 5.74) is 2.10. The van der Waals surface area contributed by atoms with Gasteiger partial charge in [0.25, 0.3) is 10.0 Å². The predicted molar refractivity (Wildman–Crippen MR) is 84.2 cm³/mol. The molecule has 0 fully saturated rings. The number of nitrogens with zero attached hydrogens (tertiary/aromatic N) is 3. The first-order valence-electron chi connectivity index (χ1n) is 7.62. The quantitative estimate of drug-likeness (QED) is 0.838. The molecule has 1 aliphatic carbocycles. The molecule has 0 bridgehead atoms. The summed E-state index contributed by atoms with van der Waals surface area (Å²) in [5, 5.41) is 14.6. The maximum Gasteiger partial charge on any atom is 0.258 e. The van der Waals surface area contributed by atoms with Crippen molar-refractivity contribution < 1.29 is 13.5 Å². The van der Waals surface area contributed by atoms with Crippen molar-refractivity contribution in [2.45, 2.75) is 36.8 Å². The van der Waals surface area contributed by atoms with Crippen molar-refractivity contribution >= 4 is 10.0 Å². The van der Waals surface area contributed by atoms with Crippen LogP contribution >= 0.6 is 0 Å². The Labute approximate surface area is 135 Å². The lowest BCUT2D eigenvalue weighted by Crippen LogP contribution is -2.31. The number of sulfonamides is 1. The van der Waals surface area contributed by atoms with Gasteiger partial charge in [0, 0.05) is 25.4 Å². The van der Waals surface area contributed by atoms with Gasteiger partial charge in [-0.3, -0.25) is 9.67 Å². The lowest BCUT2D eigenvalue weighted by Gasteiger charge is -2.14. The minimum atomic E-state index is -3.73. The second-order valence-corrected chi connectivity index (χ2v) is 7.37. The highest BCUT2D eigenvalue weighted by atomic mass is 32.2. The zero-order valence-corrected chi connectivity index (χ0v) is 13.8. The second-order valence-electron chi connectivity index (χ2n) is 5.68. The number of hydrogen-bond donors (Lipinski definition) is 2. The molecular weight excluding hydrogens is 316 g/mol. The third-order valence-electron chi connectivity index (χ3n) is 4.01. The molecule has 0 aliphatic heterocycles. The van der Waals surface area contributed by atoms with Crippen LogP contribution in [0.1, 0.15) is 35.9 Å². The van der Waals surface area contributed by atoms with Gasteiger partial charge in [0.1, 0.15) is 6.10 Å². The van der Waals surface area contributed by atoms with Gasteiger partial charge in [-0.15, -0.1) is 0 Å². The van der Waals surface area contributed by atoms with E-state index >= 15 is 0 Å². The molecule has 1 aliphatic rings. The number of aryl methyl sites for hydroxylation is 2. The van der Waals surface area contributed by atoms with E-state index in [1.165, 1.54) is 4.68 Å². The van der Waals surface area contributed by atoms with Crippen molar-refractivity contribution in [2.24, 2.45) is 7.05 Å². The molecular formula is C15H20N4O3S. The van der Waals surface area contributed by atoms with Crippen molar-refractivity contribution in [1.82, 2.24) is 19.5 Å². The van der Waals surface area contributed by atoms with E-state index in [0.29, 0.717) is 5.69 Å². The number of fused-ring (bicyclic) bond motifs is 1. The van der Waals surface area contributed by atoms with Crippen LogP contribution < -0.4 is 4.72 Å². The molecule has 0 saturated heterocycles. The maximum atomic E-state index is 12.6. The Morgan fingerprint density at radius 2 is 2.13 bits per heavy atom. The standard InChI is InChI=1S/C15H20N4O3S/c1-19-15(11-6-2-3-7-12(11)18-19)23(21,22)17-10-14(20)13-8-4-5-9-16-13/h4-5,8-9,14,17,20H,2-3,6-7,10H2,1H3. The highest BCUT2D eigenvalue weighted by Gasteiger charge is 2.28. The first kappa shape index (κ1) is 16.1. The van der Waals surface area contributed by atoms with E-state index < -0.39 is 16.1 Å². The largest absolute Gasteiger partial charge is 0.385 e. The molecule has 0 amide bonds. The normalized spacial score (nSPS) is 16.1. The zero-order valence-electron chi connectivity index (χ0n) is 12.9. The van der Waals surface area contributed by atoms with Crippen molar-refractivity contribution in [3.05, 3.63) is 41.3 Å². The molecule has 1 atom stereocenters. The van der Waals surface area contributed by atoms with Gasteiger partial charge in [0.2, 0.25) is 0 Å². The Balaban J connectivity index is 1.79. The number of hydrogen-bond acceptors (Lipinski definition) is 5. The minimum Gasteiger partial charge on any atom is -0.385 e. The number of nitrogens with one attached hydrogen (secondary N) is 1. The summed E-state index contributed by atoms with van der Waals surface area (Å²) in [4.78, 5) is 4.03. The van der Waals surface area contributed by atoms with Gasteiger partial charge in [-0.1, -0.05) is 6.07 Å². The highest BCUT2D eigenvalue weighted by molar-refractivity contribution is 7.89. The Kier molecular flexibility index (Phi) is 4.47. The number of aromatic nitrogens is 3. The number of pyridine rings is 1. The molecule has 8 heteroatoms. The summed E-state index contributed by atoms with van der Waals surface area (Å²) in [6, 6.07) is 5.14. The molecule has 1 unspecified atom stereocenters. The molecule has 2 N–H and O–H groups in total. The van der Waals surface area contributed by atoms with Crippen LogP contribution in [0.2, 0.25) is 0 Å². The van der Waals surface area contributed by atoms with E-state index in [1.54, 1.807) is 31.4 Å². The van der Waals surface area contributed by atoms with Crippen molar-refractivity contribution in [3.8, 4) is 0 Å². The Morgan fingerprint density at radius 1 is 1.35 bits per heavy atom. The maximum absolute atomic E-state index is 12.6. The monoisotopic (exact) mass is 336 g/mol. The molecule has 0 aromatic carbocycles. The molecule has 3 rings (SSSR count). The van der Waals surface area contributed by atoms with Gasteiger partial charge >= 0.3 is 0 Å². The fourth-order valence-electron chi connectivity index (χ4n) is 2.92. The molecule has 0 saturated carbocycles. The Bertz CT molecular complexity index is 787. The van der Waals surface area contributed by atoms with Crippen molar-refractivity contribution in [3.63, 3.8) is 0 Å². The van der Waals surface area contributed by atoms with Crippen LogP contribution in [0.4, 0.5) is 0 Å². The summed E-state index contributed by atoms with van der Waals surface area (Å²) in [6.45, 7) is -0.126. The van der Waals surface area contributed by atoms with Crippen LogP contribution in [-0.2, 0) is 29.9 Å². The third-order valence-corrected chi connectivity index (χ3v) is 5.58. The summed E-state index contributed by atoms with van der Waals surface area (Å²) in [6.07, 6.45) is 4.12. The Morgan fingerprint density at radius 3 is 2.87 bits per heavy atom. The van der Waals surface area contributed by atoms with E-state index in [2.05, 4.69) is 14.8 Å². The predicted octanol–water partition coefficient (Wildman–Crippen LogP) is 0.706. The first-order chi connectivity index (χ1) is 11.0. The second kappa shape index (κ2) is 6.38. The molecule has 2 aromatic heterocycles. The highest BCUT2D eigenvalue weighted by Crippen LogP contribution is 2.26. The van der Waals surface area contributed by atoms with E-state index in [-0.39, 0.29) is 11.6 Å². The summed E-state index contributed by atoms with van der Waals surface area (Å²) < 4.78 is 29.1. The van der Waals surface area contributed by atoms with Crippen molar-refractivity contribution in [1.29, 1.82) is 0 Å². The van der Waals surface area contributed by atoms with Crippen LogP contribution in [0.5, 0.6) is 0 Å². The fourth-order valence-corrected chi connectivity index (χ4v) is 4.37. The lowest BCUT2D eigenvalue weighted by molar-refractivity contribution is 0.177. The van der Waals surface area contributed by atoms with Gasteiger partial charge in [-0.2, -0.15) is 5.10 Å². The van der Waals surface area contributed by atoms with Crippen LogP contribution in [0.15, 0.2) is 29.4 Å². The smallest absolute Gasteiger partial charge is 0.258 e. The minimum absolute atomic E-state index is 0.126. The molecule has 0 spiro atoms. The molecule has 7 nitrogen and oxygen atoms in total. The molecule has 0 radical (unpaired) electrons. The number of aliphatic hydroxyl groups excluding tert-OH is 1. The van der Waals surface area contributed by atoms with E-state index in [9.17, 15) is 13.5 Å². The SMILES string of the molecule is Cn1nc2c(c1S(=O)(=O)NCC(O)c1ccccn1)CCCC2. The molecule has 2 aromatic rings. The van der Waals surface area contributed by atoms with E-state index in [1.807, 2.05) is 0 Å². The summed E-state index contributed by atoms with van der Waals surface area (Å²) in [5.74, 6) is 0. The number of aliphatic hydroxyl groups is 1. The Hall–Kier alpha value is -1.77. The lowest BCUT2D eigenvalue weighted by atomic mass is 9.99. The van der Waals surface area contributed by atoms with Gasteiger partial charge < -0.3 is 5.11 Å². The van der Waals surface area contributed by atoms with Crippen LogP contribution in [0.25, 0.3) is 0 Å². The van der Waals surface area contributed by atoms with Gasteiger partial charge in [0.05, 0.1) is 11.4 Å². The van der Waals surface area contributed by atoms with Gasteiger partial charge in [-0.05, 0) is 37.8 Å². The molecule has 124 valence electrons. The van der Waals surface area contributed by atoms with E-state index in [0.717, 1.165) is 36.9 Å². The summed E-state index contributed by atoms with van der Waals surface area (Å²) in [7, 11) is -2.09.